The molecule has 3 rings (SSSR count). The lowest BCUT2D eigenvalue weighted by molar-refractivity contribution is -0.143. The lowest BCUT2D eigenvalue weighted by Crippen LogP contribution is -2.30. The summed E-state index contributed by atoms with van der Waals surface area (Å²) in [5, 5.41) is 6.21. The van der Waals surface area contributed by atoms with E-state index in [-0.39, 0.29) is 30.3 Å². The Bertz CT molecular complexity index is 1040. The van der Waals surface area contributed by atoms with Crippen molar-refractivity contribution in [3.8, 4) is 5.75 Å². The molecule has 0 aliphatic rings. The van der Waals surface area contributed by atoms with E-state index in [0.717, 1.165) is 5.01 Å². The highest BCUT2D eigenvalue weighted by atomic mass is 35.5. The smallest absolute Gasteiger partial charge is 0.325 e. The van der Waals surface area contributed by atoms with Crippen LogP contribution in [0.5, 0.6) is 5.75 Å². The van der Waals surface area contributed by atoms with Crippen molar-refractivity contribution in [3.63, 3.8) is 0 Å². The minimum atomic E-state index is -0.597. The quantitative estimate of drug-likeness (QED) is 0.446. The zero-order chi connectivity index (χ0) is 21.5. The van der Waals surface area contributed by atoms with Crippen LogP contribution in [0.4, 0.5) is 0 Å². The highest BCUT2D eigenvalue weighted by Gasteiger charge is 2.13. The Morgan fingerprint density at radius 2 is 1.73 bits per heavy atom. The first-order chi connectivity index (χ1) is 14.4. The van der Waals surface area contributed by atoms with Gasteiger partial charge < -0.3 is 14.8 Å². The molecule has 0 aliphatic heterocycles. The highest BCUT2D eigenvalue weighted by Crippen LogP contribution is 2.21. The average molecular weight is 486 g/mol. The molecule has 0 fully saturated rings. The molecule has 0 radical (unpaired) electrons. The van der Waals surface area contributed by atoms with E-state index in [1.54, 1.807) is 29.6 Å². The minimum absolute atomic E-state index is 0.00610. The first-order valence-corrected chi connectivity index (χ1v) is 10.6. The molecule has 0 saturated carbocycles. The van der Waals surface area contributed by atoms with Crippen LogP contribution >= 0.6 is 46.1 Å². The number of nitrogens with one attached hydrogen (secondary N) is 1. The van der Waals surface area contributed by atoms with E-state index in [4.69, 9.17) is 44.3 Å². The maximum atomic E-state index is 12.1. The monoisotopic (exact) mass is 484 g/mol. The van der Waals surface area contributed by atoms with Crippen LogP contribution in [0.1, 0.15) is 21.1 Å². The second-order valence-electron chi connectivity index (χ2n) is 5.94. The highest BCUT2D eigenvalue weighted by molar-refractivity contribution is 7.09. The standard InChI is InChI=1S/C20H15Cl3N2O4S/c21-12-1-4-15(5-2-12)28-10-18-25-14(11-30-18)9-29-19(26)8-24-20(27)16-6-3-13(22)7-17(16)23/h1-7,11H,8-10H2,(H,24,27). The van der Waals surface area contributed by atoms with Gasteiger partial charge in [-0.1, -0.05) is 34.8 Å². The molecule has 2 aromatic carbocycles. The van der Waals surface area contributed by atoms with Crippen molar-refractivity contribution in [2.75, 3.05) is 6.54 Å². The van der Waals surface area contributed by atoms with Gasteiger partial charge in [-0.3, -0.25) is 9.59 Å². The van der Waals surface area contributed by atoms with Gasteiger partial charge >= 0.3 is 5.97 Å². The SMILES string of the molecule is O=C(CNC(=O)c1ccc(Cl)cc1Cl)OCc1csc(COc2ccc(Cl)cc2)n1. The molecule has 0 aliphatic carbocycles. The number of benzene rings is 2. The first kappa shape index (κ1) is 22.4. The number of aromatic nitrogens is 1. The van der Waals surface area contributed by atoms with Crippen molar-refractivity contribution in [3.05, 3.63) is 79.2 Å². The minimum Gasteiger partial charge on any atom is -0.486 e. The maximum absolute atomic E-state index is 12.1. The summed E-state index contributed by atoms with van der Waals surface area (Å²) in [4.78, 5) is 28.3. The fourth-order valence-corrected chi connectivity index (χ4v) is 3.59. The van der Waals surface area contributed by atoms with Crippen molar-refractivity contribution in [1.82, 2.24) is 10.3 Å². The maximum Gasteiger partial charge on any atom is 0.325 e. The molecule has 1 heterocycles. The Kier molecular flexibility index (Phi) is 7.93. The van der Waals surface area contributed by atoms with Gasteiger partial charge in [0.15, 0.2) is 0 Å². The molecule has 0 spiro atoms. The number of carbonyl (C=O) groups is 2. The van der Waals surface area contributed by atoms with Crippen molar-refractivity contribution >= 4 is 58.0 Å². The molecule has 6 nitrogen and oxygen atoms in total. The zero-order valence-corrected chi connectivity index (χ0v) is 18.4. The third-order valence-corrected chi connectivity index (χ3v) is 5.40. The summed E-state index contributed by atoms with van der Waals surface area (Å²) in [6.07, 6.45) is 0. The summed E-state index contributed by atoms with van der Waals surface area (Å²) in [6, 6.07) is 11.5. The van der Waals surface area contributed by atoms with Gasteiger partial charge in [0.2, 0.25) is 0 Å². The fourth-order valence-electron chi connectivity index (χ4n) is 2.28. The summed E-state index contributed by atoms with van der Waals surface area (Å²) in [7, 11) is 0. The molecule has 1 amide bonds. The average Bonchev–Trinajstić information content (AvgIpc) is 3.18. The second kappa shape index (κ2) is 10.6. The summed E-state index contributed by atoms with van der Waals surface area (Å²) >= 11 is 19.0. The molecule has 0 bridgehead atoms. The Morgan fingerprint density at radius 1 is 1.00 bits per heavy atom. The summed E-state index contributed by atoms with van der Waals surface area (Å²) in [5.41, 5.74) is 0.814. The topological polar surface area (TPSA) is 77.5 Å². The molecule has 1 aromatic heterocycles. The largest absolute Gasteiger partial charge is 0.486 e. The Morgan fingerprint density at radius 3 is 2.47 bits per heavy atom. The lowest BCUT2D eigenvalue weighted by atomic mass is 10.2. The van der Waals surface area contributed by atoms with Crippen molar-refractivity contribution in [1.29, 1.82) is 0 Å². The van der Waals surface area contributed by atoms with E-state index in [1.807, 2.05) is 0 Å². The number of nitrogens with zero attached hydrogens (tertiary/aromatic N) is 1. The molecule has 10 heteroatoms. The van der Waals surface area contributed by atoms with Gasteiger partial charge in [-0.25, -0.2) is 4.98 Å². The normalized spacial score (nSPS) is 10.5. The molecular weight excluding hydrogens is 471 g/mol. The van der Waals surface area contributed by atoms with Crippen molar-refractivity contribution in [2.45, 2.75) is 13.2 Å². The Hall–Kier alpha value is -2.32. The number of halogens is 3. The summed E-state index contributed by atoms with van der Waals surface area (Å²) < 4.78 is 10.8. The predicted octanol–water partition coefficient (Wildman–Crippen LogP) is 5.16. The zero-order valence-electron chi connectivity index (χ0n) is 15.4. The predicted molar refractivity (Wildman–Crippen MR) is 116 cm³/mol. The van der Waals surface area contributed by atoms with Gasteiger partial charge in [0.05, 0.1) is 16.3 Å². The number of rotatable bonds is 8. The van der Waals surface area contributed by atoms with Crippen molar-refractivity contribution < 1.29 is 19.1 Å². The number of hydrogen-bond donors (Lipinski definition) is 1. The molecule has 0 atom stereocenters. The van der Waals surface area contributed by atoms with E-state index >= 15 is 0 Å². The second-order valence-corrected chi connectivity index (χ2v) is 8.17. The van der Waals surface area contributed by atoms with Crippen LogP contribution in [0.3, 0.4) is 0 Å². The molecule has 3 aromatic rings. The molecule has 156 valence electrons. The van der Waals surface area contributed by atoms with Crippen LogP contribution in [-0.4, -0.2) is 23.4 Å². The summed E-state index contributed by atoms with van der Waals surface area (Å²) in [6.45, 7) is -0.0134. The van der Waals surface area contributed by atoms with E-state index < -0.39 is 11.9 Å². The van der Waals surface area contributed by atoms with Gasteiger partial charge in [0.25, 0.3) is 5.91 Å². The van der Waals surface area contributed by atoms with E-state index in [2.05, 4.69) is 10.3 Å². The van der Waals surface area contributed by atoms with Gasteiger partial charge in [-0.2, -0.15) is 0 Å². The number of esters is 1. The van der Waals surface area contributed by atoms with Crippen LogP contribution in [0.15, 0.2) is 47.8 Å². The molecule has 1 N–H and O–H groups in total. The van der Waals surface area contributed by atoms with Gasteiger partial charge in [-0.15, -0.1) is 11.3 Å². The van der Waals surface area contributed by atoms with Gasteiger partial charge in [0, 0.05) is 15.4 Å². The van der Waals surface area contributed by atoms with E-state index in [0.29, 0.717) is 21.5 Å². The van der Waals surface area contributed by atoms with Crippen LogP contribution in [-0.2, 0) is 22.7 Å². The molecule has 0 saturated heterocycles. The summed E-state index contributed by atoms with van der Waals surface area (Å²) in [5.74, 6) is -0.414. The first-order valence-electron chi connectivity index (χ1n) is 8.61. The van der Waals surface area contributed by atoms with Crippen molar-refractivity contribution in [2.24, 2.45) is 0 Å². The van der Waals surface area contributed by atoms with E-state index in [1.165, 1.54) is 29.5 Å². The number of carbonyl (C=O) groups excluding carboxylic acids is 2. The third-order valence-electron chi connectivity index (χ3n) is 3.73. The van der Waals surface area contributed by atoms with Crippen LogP contribution < -0.4 is 10.1 Å². The molecular formula is C20H15Cl3N2O4S. The Balaban J connectivity index is 1.41. The number of amides is 1. The number of hydrogen-bond acceptors (Lipinski definition) is 6. The third kappa shape index (κ3) is 6.60. The lowest BCUT2D eigenvalue weighted by Gasteiger charge is -2.07. The van der Waals surface area contributed by atoms with Gasteiger partial charge in [-0.05, 0) is 42.5 Å². The number of ether oxygens (including phenoxy) is 2. The van der Waals surface area contributed by atoms with E-state index in [9.17, 15) is 9.59 Å². The molecule has 0 unspecified atom stereocenters. The van der Waals surface area contributed by atoms with Crippen LogP contribution in [0.2, 0.25) is 15.1 Å². The number of thiazole rings is 1. The Labute approximate surface area is 191 Å². The van der Waals surface area contributed by atoms with Crippen LogP contribution in [0.25, 0.3) is 0 Å². The van der Waals surface area contributed by atoms with Gasteiger partial charge in [0.1, 0.15) is 30.5 Å². The van der Waals surface area contributed by atoms with Crippen LogP contribution in [0, 0.1) is 0 Å². The molecule has 30 heavy (non-hydrogen) atoms. The fraction of sp³-hybridized carbons (Fsp3) is 0.150.